The topological polar surface area (TPSA) is 80.6 Å². The summed E-state index contributed by atoms with van der Waals surface area (Å²) in [6.45, 7) is 8.59. The summed E-state index contributed by atoms with van der Waals surface area (Å²) in [5.41, 5.74) is 1.16. The lowest BCUT2D eigenvalue weighted by Gasteiger charge is -2.34. The van der Waals surface area contributed by atoms with Crippen molar-refractivity contribution in [2.45, 2.75) is 53.0 Å². The molecule has 0 spiro atoms. The zero-order valence-corrected chi connectivity index (χ0v) is 14.3. The molecule has 6 nitrogen and oxygen atoms in total. The molecular formula is C17H26N2O4. The highest BCUT2D eigenvalue weighted by molar-refractivity contribution is 5.77. The second kappa shape index (κ2) is 7.06. The number of rotatable bonds is 5. The van der Waals surface area contributed by atoms with Gasteiger partial charge in [-0.05, 0) is 31.7 Å². The van der Waals surface area contributed by atoms with Crippen LogP contribution in [0.4, 0.5) is 4.79 Å². The van der Waals surface area contributed by atoms with Gasteiger partial charge in [0, 0.05) is 24.9 Å². The number of hydrogen-bond donors (Lipinski definition) is 2. The number of ether oxygens (including phenoxy) is 1. The van der Waals surface area contributed by atoms with E-state index in [1.165, 1.54) is 0 Å². The van der Waals surface area contributed by atoms with Crippen molar-refractivity contribution < 1.29 is 18.7 Å². The zero-order chi connectivity index (χ0) is 17.0. The number of aryl methyl sites for hydroxylation is 1. The smallest absolute Gasteiger partial charge is 0.407 e. The minimum atomic E-state index is -0.494. The highest BCUT2D eigenvalue weighted by Gasteiger charge is 2.35. The summed E-state index contributed by atoms with van der Waals surface area (Å²) >= 11 is 0. The molecule has 0 aliphatic heterocycles. The lowest BCUT2D eigenvalue weighted by molar-refractivity contribution is -0.122. The number of carbonyl (C=O) groups excluding carboxylic acids is 2. The van der Waals surface area contributed by atoms with Crippen LogP contribution in [0.25, 0.3) is 0 Å². The van der Waals surface area contributed by atoms with Crippen molar-refractivity contribution in [2.24, 2.45) is 5.41 Å². The van der Waals surface area contributed by atoms with Crippen LogP contribution in [-0.2, 0) is 16.0 Å². The van der Waals surface area contributed by atoms with Crippen LogP contribution in [0, 0.1) is 12.3 Å². The molecule has 2 rings (SSSR count). The van der Waals surface area contributed by atoms with Gasteiger partial charge in [-0.15, -0.1) is 0 Å². The lowest BCUT2D eigenvalue weighted by Crippen LogP contribution is -2.37. The molecule has 1 unspecified atom stereocenters. The lowest BCUT2D eigenvalue weighted by atomic mass is 9.74. The second-order valence-electron chi connectivity index (χ2n) is 6.80. The fourth-order valence-electron chi connectivity index (χ4n) is 3.04. The first-order valence-electron chi connectivity index (χ1n) is 8.10. The summed E-state index contributed by atoms with van der Waals surface area (Å²) in [7, 11) is 0. The molecule has 2 amide bonds. The maximum atomic E-state index is 12.1. The number of carbonyl (C=O) groups is 2. The molecule has 0 saturated carbocycles. The fourth-order valence-corrected chi connectivity index (χ4v) is 3.04. The molecule has 0 fully saturated rings. The van der Waals surface area contributed by atoms with Gasteiger partial charge in [-0.2, -0.15) is 0 Å². The van der Waals surface area contributed by atoms with Crippen molar-refractivity contribution in [2.75, 3.05) is 13.2 Å². The molecule has 1 heterocycles. The molecule has 0 saturated heterocycles. The van der Waals surface area contributed by atoms with E-state index in [4.69, 9.17) is 9.15 Å². The average molecular weight is 322 g/mol. The van der Waals surface area contributed by atoms with Crippen LogP contribution in [0.5, 0.6) is 0 Å². The van der Waals surface area contributed by atoms with Gasteiger partial charge in [-0.25, -0.2) is 4.79 Å². The summed E-state index contributed by atoms with van der Waals surface area (Å²) in [5.74, 6) is 1.75. The third-order valence-corrected chi connectivity index (χ3v) is 3.97. The minimum absolute atomic E-state index is 0.0405. The predicted molar refractivity (Wildman–Crippen MR) is 86.1 cm³/mol. The van der Waals surface area contributed by atoms with E-state index in [2.05, 4.69) is 24.5 Å². The maximum Gasteiger partial charge on any atom is 0.407 e. The molecule has 0 aromatic carbocycles. The van der Waals surface area contributed by atoms with Gasteiger partial charge < -0.3 is 19.8 Å². The van der Waals surface area contributed by atoms with E-state index in [0.717, 1.165) is 29.9 Å². The highest BCUT2D eigenvalue weighted by Crippen LogP contribution is 2.41. The van der Waals surface area contributed by atoms with Crippen LogP contribution in [-0.4, -0.2) is 25.2 Å². The molecule has 6 heteroatoms. The summed E-state index contributed by atoms with van der Waals surface area (Å²) in [4.78, 5) is 23.3. The van der Waals surface area contributed by atoms with Crippen LogP contribution in [0.15, 0.2) is 10.5 Å². The molecule has 23 heavy (non-hydrogen) atoms. The van der Waals surface area contributed by atoms with Gasteiger partial charge in [-0.3, -0.25) is 4.79 Å². The number of alkyl carbamates (subject to hydrolysis) is 1. The Morgan fingerprint density at radius 2 is 2.17 bits per heavy atom. The van der Waals surface area contributed by atoms with Crippen molar-refractivity contribution in [3.05, 3.63) is 23.2 Å². The first-order chi connectivity index (χ1) is 10.8. The van der Waals surface area contributed by atoms with E-state index in [1.54, 1.807) is 6.92 Å². The first kappa shape index (κ1) is 17.4. The van der Waals surface area contributed by atoms with Crippen molar-refractivity contribution in [3.8, 4) is 0 Å². The monoisotopic (exact) mass is 322 g/mol. The molecule has 1 atom stereocenters. The number of nitrogens with one attached hydrogen (secondary N) is 2. The van der Waals surface area contributed by atoms with Crippen molar-refractivity contribution in [1.82, 2.24) is 10.6 Å². The number of fused-ring (bicyclic) bond motifs is 1. The Hall–Kier alpha value is -1.98. The summed E-state index contributed by atoms with van der Waals surface area (Å²) in [5, 5.41) is 5.61. The van der Waals surface area contributed by atoms with Gasteiger partial charge in [0.1, 0.15) is 11.5 Å². The maximum absolute atomic E-state index is 12.1. The first-order valence-corrected chi connectivity index (χ1v) is 8.10. The van der Waals surface area contributed by atoms with E-state index in [0.29, 0.717) is 6.61 Å². The summed E-state index contributed by atoms with van der Waals surface area (Å²) in [6.07, 6.45) is 1.48. The number of amides is 2. The largest absolute Gasteiger partial charge is 0.466 e. The highest BCUT2D eigenvalue weighted by atomic mass is 16.5. The third-order valence-electron chi connectivity index (χ3n) is 3.97. The molecule has 0 radical (unpaired) electrons. The third kappa shape index (κ3) is 4.74. The van der Waals surface area contributed by atoms with Gasteiger partial charge in [0.2, 0.25) is 5.91 Å². The zero-order valence-electron chi connectivity index (χ0n) is 14.3. The van der Waals surface area contributed by atoms with Gasteiger partial charge in [0.25, 0.3) is 0 Å². The number of hydrogen-bond acceptors (Lipinski definition) is 4. The van der Waals surface area contributed by atoms with E-state index < -0.39 is 6.09 Å². The van der Waals surface area contributed by atoms with Gasteiger partial charge in [0.15, 0.2) is 0 Å². The standard InChI is InChI=1S/C17H26N2O4/c1-5-22-16(21)18-7-6-15(20)19-13-9-17(3,4)10-14-12(13)8-11(2)23-14/h8,13H,5-7,9-10H2,1-4H3,(H,18,21)(H,19,20). The Bertz CT molecular complexity index is 577. The van der Waals surface area contributed by atoms with E-state index in [1.807, 2.05) is 13.0 Å². The summed E-state index contributed by atoms with van der Waals surface area (Å²) in [6, 6.07) is 1.97. The molecule has 2 N–H and O–H groups in total. The van der Waals surface area contributed by atoms with Crippen molar-refractivity contribution in [1.29, 1.82) is 0 Å². The predicted octanol–water partition coefficient (Wildman–Crippen LogP) is 2.85. The molecular weight excluding hydrogens is 296 g/mol. The molecule has 1 aromatic rings. The average Bonchev–Trinajstić information content (AvgIpc) is 2.78. The normalized spacial score (nSPS) is 18.9. The van der Waals surface area contributed by atoms with Gasteiger partial charge in [0.05, 0.1) is 12.6 Å². The minimum Gasteiger partial charge on any atom is -0.466 e. The van der Waals surface area contributed by atoms with Gasteiger partial charge >= 0.3 is 6.09 Å². The Morgan fingerprint density at radius 3 is 2.87 bits per heavy atom. The van der Waals surface area contributed by atoms with E-state index in [-0.39, 0.29) is 30.3 Å². The van der Waals surface area contributed by atoms with Crippen LogP contribution in [0.2, 0.25) is 0 Å². The molecule has 1 aliphatic carbocycles. The molecule has 1 aliphatic rings. The quantitative estimate of drug-likeness (QED) is 0.873. The Balaban J connectivity index is 1.91. The van der Waals surface area contributed by atoms with Crippen LogP contribution >= 0.6 is 0 Å². The van der Waals surface area contributed by atoms with Crippen LogP contribution in [0.1, 0.15) is 56.7 Å². The molecule has 0 bridgehead atoms. The Labute approximate surface area is 137 Å². The van der Waals surface area contributed by atoms with E-state index in [9.17, 15) is 9.59 Å². The Morgan fingerprint density at radius 1 is 1.43 bits per heavy atom. The molecule has 1 aromatic heterocycles. The SMILES string of the molecule is CCOC(=O)NCCC(=O)NC1CC(C)(C)Cc2oc(C)cc21. The second-order valence-corrected chi connectivity index (χ2v) is 6.80. The fraction of sp³-hybridized carbons (Fsp3) is 0.647. The summed E-state index contributed by atoms with van der Waals surface area (Å²) < 4.78 is 10.5. The van der Waals surface area contributed by atoms with Crippen molar-refractivity contribution >= 4 is 12.0 Å². The molecule has 128 valence electrons. The van der Waals surface area contributed by atoms with Crippen molar-refractivity contribution in [3.63, 3.8) is 0 Å². The number of furan rings is 1. The van der Waals surface area contributed by atoms with Gasteiger partial charge in [-0.1, -0.05) is 13.8 Å². The van der Waals surface area contributed by atoms with Crippen LogP contribution < -0.4 is 10.6 Å². The Kier molecular flexibility index (Phi) is 5.34. The van der Waals surface area contributed by atoms with E-state index >= 15 is 0 Å². The van der Waals surface area contributed by atoms with Crippen LogP contribution in [0.3, 0.4) is 0 Å².